The largest absolute Gasteiger partial charge is 0.466 e. The first-order valence-corrected chi connectivity index (χ1v) is 9.31. The normalized spacial score (nSPS) is 21.5. The molecule has 0 amide bonds. The number of rotatable bonds is 7. The van der Waals surface area contributed by atoms with E-state index in [2.05, 4.69) is 48.0 Å². The Hall–Kier alpha value is -0.830. The standard InChI is InChI=1S/C19H27BrO2/c1-4-13(3)7-6-8-15-11-14-9-10-16(20)12-17(14)18(15)19(21)22-5-2/h9-10,12-13,15,18H,4-8,11H2,1-3H3. The smallest absolute Gasteiger partial charge is 0.313 e. The van der Waals surface area contributed by atoms with Crippen LogP contribution in [0.3, 0.4) is 0 Å². The molecule has 2 rings (SSSR count). The lowest BCUT2D eigenvalue weighted by molar-refractivity contribution is -0.146. The van der Waals surface area contributed by atoms with Gasteiger partial charge in [0.05, 0.1) is 12.5 Å². The third-order valence-corrected chi connectivity index (χ3v) is 5.40. The average Bonchev–Trinajstić information content (AvgIpc) is 2.84. The molecule has 1 aliphatic rings. The van der Waals surface area contributed by atoms with Crippen molar-refractivity contribution >= 4 is 21.9 Å². The summed E-state index contributed by atoms with van der Waals surface area (Å²) < 4.78 is 6.39. The topological polar surface area (TPSA) is 26.3 Å². The maximum absolute atomic E-state index is 12.4. The summed E-state index contributed by atoms with van der Waals surface area (Å²) in [6.45, 7) is 6.89. The van der Waals surface area contributed by atoms with Crippen molar-refractivity contribution < 1.29 is 9.53 Å². The third kappa shape index (κ3) is 4.13. The summed E-state index contributed by atoms with van der Waals surface area (Å²) in [4.78, 5) is 12.4. The number of halogens is 1. The summed E-state index contributed by atoms with van der Waals surface area (Å²) >= 11 is 3.53. The first-order chi connectivity index (χ1) is 10.6. The van der Waals surface area contributed by atoms with Gasteiger partial charge in [0.25, 0.3) is 0 Å². The lowest BCUT2D eigenvalue weighted by atomic mass is 9.87. The molecule has 0 aromatic heterocycles. The first-order valence-electron chi connectivity index (χ1n) is 8.51. The molecule has 3 heteroatoms. The molecule has 1 aromatic carbocycles. The van der Waals surface area contributed by atoms with Crippen LogP contribution in [0.25, 0.3) is 0 Å². The molecular weight excluding hydrogens is 340 g/mol. The van der Waals surface area contributed by atoms with E-state index in [-0.39, 0.29) is 11.9 Å². The van der Waals surface area contributed by atoms with Crippen LogP contribution in [0.4, 0.5) is 0 Å². The van der Waals surface area contributed by atoms with Crippen molar-refractivity contribution in [1.29, 1.82) is 0 Å². The van der Waals surface area contributed by atoms with Gasteiger partial charge in [-0.05, 0) is 54.9 Å². The van der Waals surface area contributed by atoms with Crippen LogP contribution in [-0.2, 0) is 16.0 Å². The van der Waals surface area contributed by atoms with Gasteiger partial charge in [0, 0.05) is 4.47 Å². The van der Waals surface area contributed by atoms with E-state index in [4.69, 9.17) is 4.74 Å². The second-order valence-electron chi connectivity index (χ2n) is 6.48. The van der Waals surface area contributed by atoms with Crippen molar-refractivity contribution in [2.45, 2.75) is 58.8 Å². The Bertz CT molecular complexity index is 512. The van der Waals surface area contributed by atoms with Gasteiger partial charge in [-0.2, -0.15) is 0 Å². The molecule has 1 aliphatic carbocycles. The van der Waals surface area contributed by atoms with Gasteiger partial charge in [-0.25, -0.2) is 0 Å². The highest BCUT2D eigenvalue weighted by molar-refractivity contribution is 9.10. The predicted molar refractivity (Wildman–Crippen MR) is 94.0 cm³/mol. The minimum Gasteiger partial charge on any atom is -0.466 e. The van der Waals surface area contributed by atoms with Crippen molar-refractivity contribution in [2.75, 3.05) is 6.61 Å². The van der Waals surface area contributed by atoms with Crippen LogP contribution < -0.4 is 0 Å². The molecule has 3 atom stereocenters. The second-order valence-corrected chi connectivity index (χ2v) is 7.40. The van der Waals surface area contributed by atoms with Crippen LogP contribution in [0, 0.1) is 11.8 Å². The summed E-state index contributed by atoms with van der Waals surface area (Å²) in [5, 5.41) is 0. The van der Waals surface area contributed by atoms with E-state index < -0.39 is 0 Å². The van der Waals surface area contributed by atoms with Crippen molar-refractivity contribution in [3.8, 4) is 0 Å². The van der Waals surface area contributed by atoms with Crippen molar-refractivity contribution in [2.24, 2.45) is 11.8 Å². The van der Waals surface area contributed by atoms with E-state index in [1.807, 2.05) is 6.92 Å². The number of carbonyl (C=O) groups is 1. The summed E-state index contributed by atoms with van der Waals surface area (Å²) in [5.41, 5.74) is 2.48. The highest BCUT2D eigenvalue weighted by Gasteiger charge is 2.38. The molecule has 0 saturated carbocycles. The molecule has 122 valence electrons. The number of carbonyl (C=O) groups excluding carboxylic acids is 1. The van der Waals surface area contributed by atoms with Gasteiger partial charge in [-0.15, -0.1) is 0 Å². The lowest BCUT2D eigenvalue weighted by Gasteiger charge is -2.19. The van der Waals surface area contributed by atoms with Gasteiger partial charge in [-0.3, -0.25) is 4.79 Å². The van der Waals surface area contributed by atoms with Crippen LogP contribution in [-0.4, -0.2) is 12.6 Å². The van der Waals surface area contributed by atoms with Gasteiger partial charge in [-0.1, -0.05) is 55.1 Å². The van der Waals surface area contributed by atoms with Crippen LogP contribution >= 0.6 is 15.9 Å². The maximum atomic E-state index is 12.4. The zero-order valence-corrected chi connectivity index (χ0v) is 15.5. The average molecular weight is 367 g/mol. The maximum Gasteiger partial charge on any atom is 0.313 e. The Morgan fingerprint density at radius 2 is 2.18 bits per heavy atom. The quantitative estimate of drug-likeness (QED) is 0.596. The number of ether oxygens (including phenoxy) is 1. The highest BCUT2D eigenvalue weighted by Crippen LogP contribution is 2.42. The molecule has 0 aliphatic heterocycles. The Balaban J connectivity index is 2.11. The number of hydrogen-bond donors (Lipinski definition) is 0. The van der Waals surface area contributed by atoms with E-state index in [0.29, 0.717) is 12.5 Å². The molecule has 0 N–H and O–H groups in total. The molecule has 0 bridgehead atoms. The molecular formula is C19H27BrO2. The van der Waals surface area contributed by atoms with Crippen LogP contribution in [0.5, 0.6) is 0 Å². The fourth-order valence-electron chi connectivity index (χ4n) is 3.45. The summed E-state index contributed by atoms with van der Waals surface area (Å²) in [7, 11) is 0. The number of benzene rings is 1. The second kappa shape index (κ2) is 8.14. The van der Waals surface area contributed by atoms with Gasteiger partial charge in [0.1, 0.15) is 0 Å². The Kier molecular flexibility index (Phi) is 6.49. The van der Waals surface area contributed by atoms with Gasteiger partial charge >= 0.3 is 5.97 Å². The van der Waals surface area contributed by atoms with E-state index in [1.165, 1.54) is 30.4 Å². The predicted octanol–water partition coefficient (Wildman–Crippen LogP) is 5.48. The van der Waals surface area contributed by atoms with Crippen molar-refractivity contribution in [3.05, 3.63) is 33.8 Å². The Morgan fingerprint density at radius 1 is 1.41 bits per heavy atom. The number of esters is 1. The fourth-order valence-corrected chi connectivity index (χ4v) is 3.83. The molecule has 0 saturated heterocycles. The van der Waals surface area contributed by atoms with E-state index in [9.17, 15) is 4.79 Å². The summed E-state index contributed by atoms with van der Waals surface area (Å²) in [6.07, 6.45) is 5.80. The zero-order valence-electron chi connectivity index (χ0n) is 13.9. The van der Waals surface area contributed by atoms with E-state index in [1.54, 1.807) is 0 Å². The van der Waals surface area contributed by atoms with Crippen molar-refractivity contribution in [3.63, 3.8) is 0 Å². The molecule has 0 fully saturated rings. The van der Waals surface area contributed by atoms with E-state index >= 15 is 0 Å². The van der Waals surface area contributed by atoms with Gasteiger partial charge < -0.3 is 4.74 Å². The third-order valence-electron chi connectivity index (χ3n) is 4.91. The molecule has 1 aromatic rings. The monoisotopic (exact) mass is 366 g/mol. The molecule has 2 nitrogen and oxygen atoms in total. The van der Waals surface area contributed by atoms with E-state index in [0.717, 1.165) is 23.2 Å². The molecule has 22 heavy (non-hydrogen) atoms. The highest BCUT2D eigenvalue weighted by atomic mass is 79.9. The molecule has 0 heterocycles. The Labute approximate surface area is 142 Å². The fraction of sp³-hybridized carbons (Fsp3) is 0.632. The summed E-state index contributed by atoms with van der Waals surface area (Å²) in [5.74, 6) is 1.05. The zero-order chi connectivity index (χ0) is 16.1. The lowest BCUT2D eigenvalue weighted by Crippen LogP contribution is -2.21. The Morgan fingerprint density at radius 3 is 2.86 bits per heavy atom. The molecule has 3 unspecified atom stereocenters. The summed E-state index contributed by atoms with van der Waals surface area (Å²) in [6, 6.07) is 6.33. The number of hydrogen-bond acceptors (Lipinski definition) is 2. The first kappa shape index (κ1) is 17.5. The minimum atomic E-state index is -0.0793. The molecule has 0 radical (unpaired) electrons. The van der Waals surface area contributed by atoms with Gasteiger partial charge in [0.2, 0.25) is 0 Å². The van der Waals surface area contributed by atoms with Crippen LogP contribution in [0.15, 0.2) is 22.7 Å². The van der Waals surface area contributed by atoms with Gasteiger partial charge in [0.15, 0.2) is 0 Å². The SMILES string of the molecule is CCOC(=O)C1c2cc(Br)ccc2CC1CCCC(C)CC. The van der Waals surface area contributed by atoms with Crippen LogP contribution in [0.2, 0.25) is 0 Å². The van der Waals surface area contributed by atoms with Crippen LogP contribution in [0.1, 0.15) is 63.5 Å². The minimum absolute atomic E-state index is 0.0483. The molecule has 0 spiro atoms. The number of fused-ring (bicyclic) bond motifs is 1. The van der Waals surface area contributed by atoms with Crippen molar-refractivity contribution in [1.82, 2.24) is 0 Å².